The highest BCUT2D eigenvalue weighted by atomic mass is 19.4. The summed E-state index contributed by atoms with van der Waals surface area (Å²) in [6.07, 6.45) is -3.48. The van der Waals surface area contributed by atoms with Gasteiger partial charge in [0.2, 0.25) is 0 Å². The average molecular weight is 459 g/mol. The summed E-state index contributed by atoms with van der Waals surface area (Å²) in [5.74, 6) is -1.22. The second-order valence-electron chi connectivity index (χ2n) is 7.65. The van der Waals surface area contributed by atoms with Gasteiger partial charge < -0.3 is 23.7 Å². The minimum absolute atomic E-state index is 0.0153. The van der Waals surface area contributed by atoms with Gasteiger partial charge in [-0.1, -0.05) is 5.16 Å². The number of nitrogens with zero attached hydrogens (tertiary/aromatic N) is 3. The van der Waals surface area contributed by atoms with Crippen LogP contribution in [0.5, 0.6) is 0 Å². The number of hydrogen-bond donors (Lipinski definition) is 1. The highest BCUT2D eigenvalue weighted by Gasteiger charge is 2.42. The lowest BCUT2D eigenvalue weighted by Crippen LogP contribution is -2.50. The molecular weight excluding hydrogens is 435 g/mol. The van der Waals surface area contributed by atoms with Crippen LogP contribution in [0.4, 0.5) is 13.2 Å². The Kier molecular flexibility index (Phi) is 6.94. The van der Waals surface area contributed by atoms with Crippen LogP contribution in [-0.4, -0.2) is 76.5 Å². The summed E-state index contributed by atoms with van der Waals surface area (Å²) in [6.45, 7) is 9.31. The van der Waals surface area contributed by atoms with E-state index in [1.54, 1.807) is 12.3 Å². The van der Waals surface area contributed by atoms with Crippen molar-refractivity contribution >= 4 is 11.9 Å². The first-order valence-corrected chi connectivity index (χ1v) is 9.90. The standard InChI is InChI=1S/C18H23N3O4.C2HF3O2/c1-11-15(13(3)25-19-11)8-20-5-7-24-17-10-21(9-16(17)20)18(22)14-4-6-23-12(14)2;3-2(4,5)1(6)7/h4,6,16-17H,5,7-10H2,1-3H3;(H,6,7)/t16-,17+;/m1./s1. The van der Waals surface area contributed by atoms with Gasteiger partial charge in [0.1, 0.15) is 11.5 Å². The first-order valence-electron chi connectivity index (χ1n) is 9.90. The third-order valence-electron chi connectivity index (χ3n) is 5.58. The molecule has 0 aliphatic carbocycles. The normalized spacial score (nSPS) is 21.1. The molecule has 9 nitrogen and oxygen atoms in total. The zero-order chi connectivity index (χ0) is 23.6. The van der Waals surface area contributed by atoms with Crippen LogP contribution in [0.15, 0.2) is 21.3 Å². The molecule has 0 saturated carbocycles. The number of aliphatic carboxylic acids is 1. The molecule has 32 heavy (non-hydrogen) atoms. The van der Waals surface area contributed by atoms with E-state index in [-0.39, 0.29) is 18.1 Å². The number of aryl methyl sites for hydroxylation is 3. The average Bonchev–Trinajstić information content (AvgIpc) is 3.42. The second kappa shape index (κ2) is 9.33. The van der Waals surface area contributed by atoms with Crippen molar-refractivity contribution in [3.63, 3.8) is 0 Å². The van der Waals surface area contributed by atoms with Crippen molar-refractivity contribution in [3.05, 3.63) is 40.7 Å². The first-order chi connectivity index (χ1) is 15.0. The van der Waals surface area contributed by atoms with Crippen molar-refractivity contribution in [2.24, 2.45) is 0 Å². The molecule has 4 rings (SSSR count). The van der Waals surface area contributed by atoms with E-state index in [0.717, 1.165) is 30.1 Å². The molecule has 4 heterocycles. The van der Waals surface area contributed by atoms with Gasteiger partial charge in [-0.25, -0.2) is 4.79 Å². The van der Waals surface area contributed by atoms with Crippen molar-refractivity contribution in [1.82, 2.24) is 15.0 Å². The van der Waals surface area contributed by atoms with Gasteiger partial charge in [0.25, 0.3) is 5.91 Å². The van der Waals surface area contributed by atoms with E-state index >= 15 is 0 Å². The molecule has 2 fully saturated rings. The Bertz CT molecular complexity index is 951. The Morgan fingerprint density at radius 1 is 1.22 bits per heavy atom. The number of furan rings is 1. The number of carboxylic acids is 1. The van der Waals surface area contributed by atoms with Crippen LogP contribution in [-0.2, 0) is 16.1 Å². The minimum Gasteiger partial charge on any atom is -0.475 e. The monoisotopic (exact) mass is 459 g/mol. The predicted octanol–water partition coefficient (Wildman–Crippen LogP) is 2.55. The third-order valence-corrected chi connectivity index (χ3v) is 5.58. The van der Waals surface area contributed by atoms with Gasteiger partial charge in [0, 0.05) is 31.7 Å². The number of amides is 1. The van der Waals surface area contributed by atoms with Crippen LogP contribution in [0.25, 0.3) is 0 Å². The van der Waals surface area contributed by atoms with Crippen molar-refractivity contribution in [3.8, 4) is 0 Å². The molecule has 2 saturated heterocycles. The molecular formula is C20H24F3N3O6. The highest BCUT2D eigenvalue weighted by molar-refractivity contribution is 5.95. The highest BCUT2D eigenvalue weighted by Crippen LogP contribution is 2.27. The smallest absolute Gasteiger partial charge is 0.475 e. The molecule has 0 aromatic carbocycles. The molecule has 2 aromatic heterocycles. The Labute approximate surface area is 181 Å². The number of halogens is 3. The van der Waals surface area contributed by atoms with Crippen molar-refractivity contribution in [2.75, 3.05) is 26.2 Å². The summed E-state index contributed by atoms with van der Waals surface area (Å²) < 4.78 is 48.2. The maximum atomic E-state index is 12.8. The topological polar surface area (TPSA) is 109 Å². The van der Waals surface area contributed by atoms with E-state index in [1.165, 1.54) is 0 Å². The van der Waals surface area contributed by atoms with E-state index in [2.05, 4.69) is 10.1 Å². The number of likely N-dealkylation sites (tertiary alicyclic amines) is 1. The predicted molar refractivity (Wildman–Crippen MR) is 103 cm³/mol. The van der Waals surface area contributed by atoms with E-state index in [4.69, 9.17) is 23.6 Å². The lowest BCUT2D eigenvalue weighted by atomic mass is 10.1. The zero-order valence-corrected chi connectivity index (χ0v) is 17.8. The number of alkyl halides is 3. The summed E-state index contributed by atoms with van der Waals surface area (Å²) in [5, 5.41) is 11.2. The summed E-state index contributed by atoms with van der Waals surface area (Å²) in [6, 6.07) is 1.93. The second-order valence-corrected chi connectivity index (χ2v) is 7.65. The number of morpholine rings is 1. The molecule has 2 atom stereocenters. The number of carbonyl (C=O) groups excluding carboxylic acids is 1. The van der Waals surface area contributed by atoms with Crippen LogP contribution >= 0.6 is 0 Å². The number of carbonyl (C=O) groups is 2. The third kappa shape index (κ3) is 5.13. The molecule has 2 aromatic rings. The van der Waals surface area contributed by atoms with Gasteiger partial charge in [-0.2, -0.15) is 13.2 Å². The lowest BCUT2D eigenvalue weighted by molar-refractivity contribution is -0.192. The Hall–Kier alpha value is -2.86. The minimum atomic E-state index is -5.08. The van der Waals surface area contributed by atoms with E-state index < -0.39 is 12.1 Å². The summed E-state index contributed by atoms with van der Waals surface area (Å²) in [5.41, 5.74) is 2.70. The SMILES string of the molecule is Cc1noc(C)c1CN1CCO[C@H]2CN(C(=O)c3ccoc3C)C[C@H]21.O=C(O)C(F)(F)F. The fraction of sp³-hybridized carbons (Fsp3) is 0.550. The van der Waals surface area contributed by atoms with Gasteiger partial charge in [-0.05, 0) is 26.8 Å². The summed E-state index contributed by atoms with van der Waals surface area (Å²) >= 11 is 0. The largest absolute Gasteiger partial charge is 0.490 e. The fourth-order valence-corrected chi connectivity index (χ4v) is 3.83. The van der Waals surface area contributed by atoms with Gasteiger partial charge in [-0.15, -0.1) is 0 Å². The van der Waals surface area contributed by atoms with Gasteiger partial charge in [0.15, 0.2) is 0 Å². The van der Waals surface area contributed by atoms with E-state index in [0.29, 0.717) is 31.0 Å². The van der Waals surface area contributed by atoms with Crippen molar-refractivity contribution < 1.29 is 41.5 Å². The fourth-order valence-electron chi connectivity index (χ4n) is 3.83. The van der Waals surface area contributed by atoms with Crippen molar-refractivity contribution in [1.29, 1.82) is 0 Å². The molecule has 0 radical (unpaired) electrons. The molecule has 176 valence electrons. The van der Waals surface area contributed by atoms with Crippen LogP contribution in [0.3, 0.4) is 0 Å². The van der Waals surface area contributed by atoms with E-state index in [1.807, 2.05) is 25.7 Å². The molecule has 0 unspecified atom stereocenters. The van der Waals surface area contributed by atoms with Gasteiger partial charge >= 0.3 is 12.1 Å². The van der Waals surface area contributed by atoms with Crippen LogP contribution < -0.4 is 0 Å². The maximum absolute atomic E-state index is 12.8. The molecule has 0 spiro atoms. The van der Waals surface area contributed by atoms with Crippen LogP contribution in [0.2, 0.25) is 0 Å². The first kappa shape index (κ1) is 23.8. The molecule has 1 N–H and O–H groups in total. The molecule has 1 amide bonds. The van der Waals surface area contributed by atoms with Crippen LogP contribution in [0.1, 0.15) is 33.1 Å². The summed E-state index contributed by atoms with van der Waals surface area (Å²) in [4.78, 5) is 25.9. The quantitative estimate of drug-likeness (QED) is 0.746. The molecule has 12 heteroatoms. The zero-order valence-electron chi connectivity index (χ0n) is 17.8. The number of rotatable bonds is 3. The van der Waals surface area contributed by atoms with Gasteiger partial charge in [-0.3, -0.25) is 9.69 Å². The number of carboxylic acid groups (broad SMARTS) is 1. The number of aromatic nitrogens is 1. The molecule has 0 bridgehead atoms. The maximum Gasteiger partial charge on any atom is 0.490 e. The lowest BCUT2D eigenvalue weighted by Gasteiger charge is -2.36. The Morgan fingerprint density at radius 2 is 1.91 bits per heavy atom. The Morgan fingerprint density at radius 3 is 2.44 bits per heavy atom. The molecule has 2 aliphatic rings. The van der Waals surface area contributed by atoms with Crippen molar-refractivity contribution in [2.45, 2.75) is 45.6 Å². The van der Waals surface area contributed by atoms with Gasteiger partial charge in [0.05, 0.1) is 36.3 Å². The Balaban J connectivity index is 0.000000360. The number of hydrogen-bond acceptors (Lipinski definition) is 7. The van der Waals surface area contributed by atoms with Crippen LogP contribution in [0, 0.1) is 20.8 Å². The number of ether oxygens (including phenoxy) is 1. The molecule has 2 aliphatic heterocycles. The number of fused-ring (bicyclic) bond motifs is 1. The summed E-state index contributed by atoms with van der Waals surface area (Å²) in [7, 11) is 0. The van der Waals surface area contributed by atoms with E-state index in [9.17, 15) is 18.0 Å².